The van der Waals surface area contributed by atoms with Crippen molar-refractivity contribution >= 4 is 19.1 Å². The number of ether oxygens (including phenoxy) is 1. The number of benzene rings is 1. The average Bonchev–Trinajstić information content (AvgIpc) is 3.26. The van der Waals surface area contributed by atoms with E-state index in [4.69, 9.17) is 4.74 Å². The van der Waals surface area contributed by atoms with Crippen LogP contribution in [0.3, 0.4) is 0 Å². The maximum absolute atomic E-state index is 13.7. The lowest BCUT2D eigenvalue weighted by Crippen LogP contribution is -2.45. The van der Waals surface area contributed by atoms with Gasteiger partial charge in [-0.1, -0.05) is 29.8 Å². The third-order valence-corrected chi connectivity index (χ3v) is 7.31. The molecule has 0 unspecified atom stereocenters. The van der Waals surface area contributed by atoms with Gasteiger partial charge in [0.15, 0.2) is 0 Å². The number of nitriles is 1. The topological polar surface area (TPSA) is 126 Å². The first-order valence-electron chi connectivity index (χ1n) is 13.2. The number of aryl methyl sites for hydroxylation is 1. The summed E-state index contributed by atoms with van der Waals surface area (Å²) in [4.78, 5) is 28.8. The summed E-state index contributed by atoms with van der Waals surface area (Å²) in [5.74, 6) is -3.41. The largest absolute Gasteiger partial charge is 0.453 e. The molecule has 2 heterocycles. The normalized spacial score (nSPS) is 20.7. The van der Waals surface area contributed by atoms with Gasteiger partial charge in [-0.3, -0.25) is 9.69 Å². The van der Waals surface area contributed by atoms with Gasteiger partial charge in [-0.2, -0.15) is 5.26 Å². The summed E-state index contributed by atoms with van der Waals surface area (Å²) in [5.41, 5.74) is 0.735. The Kier molecular flexibility index (Phi) is 10.1. The van der Waals surface area contributed by atoms with Crippen molar-refractivity contribution in [1.29, 1.82) is 5.26 Å². The van der Waals surface area contributed by atoms with Crippen molar-refractivity contribution < 1.29 is 33.2 Å². The Morgan fingerprint density at radius 3 is 2.59 bits per heavy atom. The van der Waals surface area contributed by atoms with E-state index in [0.717, 1.165) is 5.56 Å². The fourth-order valence-electron chi connectivity index (χ4n) is 5.04. The van der Waals surface area contributed by atoms with Crippen LogP contribution < -0.4 is 5.32 Å². The van der Waals surface area contributed by atoms with E-state index in [1.165, 1.54) is 11.0 Å². The zero-order valence-electron chi connectivity index (χ0n) is 22.7. The SMILES string of the molecule is Cc1ccc([C@@H](CB(O)O)NC(=O)OC[C@H]2CCCN(C(=O)C(C#N)=CC(C)(C)N3CCC(F)(F)C3)C2)cc1. The molecular weight excluding hydrogens is 509 g/mol. The van der Waals surface area contributed by atoms with Gasteiger partial charge < -0.3 is 25.0 Å². The molecule has 0 spiro atoms. The van der Waals surface area contributed by atoms with E-state index in [1.54, 1.807) is 30.9 Å². The quantitative estimate of drug-likeness (QED) is 0.247. The van der Waals surface area contributed by atoms with Gasteiger partial charge in [0.25, 0.3) is 11.8 Å². The van der Waals surface area contributed by atoms with Crippen LogP contribution >= 0.6 is 0 Å². The highest BCUT2D eigenvalue weighted by Gasteiger charge is 2.43. The first kappa shape index (κ1) is 30.5. The Hall–Kier alpha value is -3.01. The zero-order chi connectivity index (χ0) is 28.8. The molecule has 1 aromatic rings. The molecule has 2 saturated heterocycles. The summed E-state index contributed by atoms with van der Waals surface area (Å²) < 4.78 is 32.9. The lowest BCUT2D eigenvalue weighted by molar-refractivity contribution is -0.128. The van der Waals surface area contributed by atoms with Crippen LogP contribution in [0.2, 0.25) is 6.32 Å². The number of alkyl carbamates (subject to hydrolysis) is 1. The van der Waals surface area contributed by atoms with E-state index in [-0.39, 0.29) is 43.9 Å². The number of nitrogens with zero attached hydrogens (tertiary/aromatic N) is 3. The van der Waals surface area contributed by atoms with Crippen LogP contribution in [0.25, 0.3) is 0 Å². The highest BCUT2D eigenvalue weighted by Crippen LogP contribution is 2.33. The maximum Gasteiger partial charge on any atom is 0.453 e. The van der Waals surface area contributed by atoms with E-state index in [2.05, 4.69) is 5.32 Å². The van der Waals surface area contributed by atoms with Crippen LogP contribution in [-0.4, -0.2) is 83.2 Å². The second-order valence-corrected chi connectivity index (χ2v) is 11.0. The van der Waals surface area contributed by atoms with Gasteiger partial charge in [0, 0.05) is 43.8 Å². The van der Waals surface area contributed by atoms with Crippen LogP contribution in [0, 0.1) is 24.2 Å². The van der Waals surface area contributed by atoms with Crippen LogP contribution in [0.5, 0.6) is 0 Å². The molecular formula is C27H37BF2N4O5. The fraction of sp³-hybridized carbons (Fsp3) is 0.593. The number of hydrogen-bond acceptors (Lipinski definition) is 7. The van der Waals surface area contributed by atoms with Gasteiger partial charge in [-0.15, -0.1) is 0 Å². The fourth-order valence-corrected chi connectivity index (χ4v) is 5.04. The predicted molar refractivity (Wildman–Crippen MR) is 142 cm³/mol. The molecule has 0 bridgehead atoms. The molecule has 2 amide bonds. The molecule has 2 aliphatic heterocycles. The third kappa shape index (κ3) is 8.75. The molecule has 212 valence electrons. The molecule has 0 aromatic heterocycles. The van der Waals surface area contributed by atoms with E-state index in [0.29, 0.717) is 24.9 Å². The van der Waals surface area contributed by atoms with E-state index in [9.17, 15) is 33.7 Å². The summed E-state index contributed by atoms with van der Waals surface area (Å²) in [6.07, 6.45) is 1.75. The Morgan fingerprint density at radius 1 is 1.31 bits per heavy atom. The molecule has 0 radical (unpaired) electrons. The van der Waals surface area contributed by atoms with Gasteiger partial charge in [0.05, 0.1) is 19.2 Å². The lowest BCUT2D eigenvalue weighted by Gasteiger charge is -2.35. The number of carbonyl (C=O) groups is 2. The summed E-state index contributed by atoms with van der Waals surface area (Å²) >= 11 is 0. The third-order valence-electron chi connectivity index (χ3n) is 7.31. The number of alkyl halides is 2. The van der Waals surface area contributed by atoms with Crippen molar-refractivity contribution in [3.8, 4) is 6.07 Å². The second-order valence-electron chi connectivity index (χ2n) is 11.0. The van der Waals surface area contributed by atoms with Gasteiger partial charge in [-0.05, 0) is 45.3 Å². The smallest absolute Gasteiger partial charge is 0.449 e. The van der Waals surface area contributed by atoms with Crippen molar-refractivity contribution in [2.75, 3.05) is 32.8 Å². The molecule has 2 fully saturated rings. The van der Waals surface area contributed by atoms with Crippen LogP contribution in [0.1, 0.15) is 50.3 Å². The molecule has 3 N–H and O–H groups in total. The first-order valence-corrected chi connectivity index (χ1v) is 13.2. The summed E-state index contributed by atoms with van der Waals surface area (Å²) in [6.45, 7) is 5.86. The Balaban J connectivity index is 1.57. The molecule has 3 rings (SSSR count). The molecule has 2 aliphatic rings. The van der Waals surface area contributed by atoms with Crippen molar-refractivity contribution in [3.05, 3.63) is 47.0 Å². The van der Waals surface area contributed by atoms with Crippen molar-refractivity contribution in [2.24, 2.45) is 5.92 Å². The predicted octanol–water partition coefficient (Wildman–Crippen LogP) is 3.04. The van der Waals surface area contributed by atoms with Crippen LogP contribution in [-0.2, 0) is 9.53 Å². The van der Waals surface area contributed by atoms with Crippen molar-refractivity contribution in [2.45, 2.75) is 63.9 Å². The Bertz CT molecular complexity index is 1090. The maximum atomic E-state index is 13.7. The first-order chi connectivity index (χ1) is 18.3. The van der Waals surface area contributed by atoms with Gasteiger partial charge in [-0.25, -0.2) is 13.6 Å². The second kappa shape index (κ2) is 12.9. The molecule has 2 atom stereocenters. The highest BCUT2D eigenvalue weighted by molar-refractivity contribution is 6.41. The Labute approximate surface area is 228 Å². The molecule has 9 nitrogen and oxygen atoms in total. The van der Waals surface area contributed by atoms with Crippen molar-refractivity contribution in [3.63, 3.8) is 0 Å². The minimum Gasteiger partial charge on any atom is -0.449 e. The number of likely N-dealkylation sites (tertiary alicyclic amines) is 2. The van der Waals surface area contributed by atoms with Gasteiger partial charge >= 0.3 is 13.2 Å². The minimum absolute atomic E-state index is 0.0395. The standard InChI is InChI=1S/C27H37BF2N4O5/c1-19-6-8-21(9-7-19)23(14-28(37)38)32-25(36)39-17-20-5-4-11-33(16-20)24(35)22(15-31)13-26(2,3)34-12-10-27(29,30)18-34/h6-9,13,20,23,37-38H,4-5,10-12,14,16-18H2,1-3H3,(H,32,36)/t20-,23+/m0/s1. The van der Waals surface area contributed by atoms with E-state index in [1.807, 2.05) is 25.1 Å². The zero-order valence-corrected chi connectivity index (χ0v) is 22.7. The number of nitrogens with one attached hydrogen (secondary N) is 1. The lowest BCUT2D eigenvalue weighted by atomic mass is 9.79. The average molecular weight is 546 g/mol. The molecule has 12 heteroatoms. The van der Waals surface area contributed by atoms with Gasteiger partial charge in [0.2, 0.25) is 0 Å². The Morgan fingerprint density at radius 2 is 2.00 bits per heavy atom. The molecule has 0 aliphatic carbocycles. The number of amides is 2. The molecule has 39 heavy (non-hydrogen) atoms. The molecule has 1 aromatic carbocycles. The summed E-state index contributed by atoms with van der Waals surface area (Å²) in [6, 6.07) is 8.59. The number of hydrogen-bond donors (Lipinski definition) is 3. The van der Waals surface area contributed by atoms with E-state index >= 15 is 0 Å². The van der Waals surface area contributed by atoms with E-state index < -0.39 is 43.2 Å². The van der Waals surface area contributed by atoms with Crippen LogP contribution in [0.4, 0.5) is 13.6 Å². The van der Waals surface area contributed by atoms with Crippen LogP contribution in [0.15, 0.2) is 35.9 Å². The minimum atomic E-state index is -2.79. The number of rotatable bonds is 9. The molecule has 0 saturated carbocycles. The summed E-state index contributed by atoms with van der Waals surface area (Å²) in [7, 11) is -1.62. The highest BCUT2D eigenvalue weighted by atomic mass is 19.3. The summed E-state index contributed by atoms with van der Waals surface area (Å²) in [5, 5.41) is 31.3. The number of carbonyl (C=O) groups excluding carboxylic acids is 2. The monoisotopic (exact) mass is 546 g/mol. The number of piperidine rings is 1. The van der Waals surface area contributed by atoms with Crippen molar-refractivity contribution in [1.82, 2.24) is 15.1 Å². The number of halogens is 2. The van der Waals surface area contributed by atoms with Gasteiger partial charge in [0.1, 0.15) is 11.6 Å².